The molecule has 0 fully saturated rings. The number of carbonyl (C=O) groups excluding carboxylic acids is 3. The molecule has 34 heavy (non-hydrogen) atoms. The summed E-state index contributed by atoms with van der Waals surface area (Å²) in [7, 11) is 2.89. The average molecular weight is 492 g/mol. The van der Waals surface area contributed by atoms with Crippen molar-refractivity contribution in [3.05, 3.63) is 58.1 Å². The van der Waals surface area contributed by atoms with Gasteiger partial charge in [0.25, 0.3) is 11.6 Å². The number of benzene rings is 2. The molecule has 2 rings (SSSR count). The van der Waals surface area contributed by atoms with E-state index in [4.69, 9.17) is 14.2 Å². The summed E-state index contributed by atoms with van der Waals surface area (Å²) in [6.07, 6.45) is -1.22. The highest BCUT2D eigenvalue weighted by atomic mass is 32.2. The molecule has 1 atom stereocenters. The molecule has 2 aromatic carbocycles. The lowest BCUT2D eigenvalue weighted by atomic mass is 10.2. The van der Waals surface area contributed by atoms with E-state index in [-0.39, 0.29) is 34.3 Å². The highest BCUT2D eigenvalue weighted by molar-refractivity contribution is 8.00. The Hall–Kier alpha value is -3.64. The lowest BCUT2D eigenvalue weighted by Crippen LogP contribution is -2.30. The third kappa shape index (κ3) is 7.74. The van der Waals surface area contributed by atoms with Gasteiger partial charge in [0.15, 0.2) is 6.10 Å². The highest BCUT2D eigenvalue weighted by Crippen LogP contribution is 2.29. The van der Waals surface area contributed by atoms with Crippen molar-refractivity contribution in [1.82, 2.24) is 5.32 Å². The summed E-state index contributed by atoms with van der Waals surface area (Å²) in [5.74, 6) is -1.38. The van der Waals surface area contributed by atoms with Crippen LogP contribution in [-0.4, -0.2) is 61.9 Å². The number of nitro benzene ring substituents is 1. The van der Waals surface area contributed by atoms with Crippen LogP contribution in [0.15, 0.2) is 47.4 Å². The van der Waals surface area contributed by atoms with Crippen molar-refractivity contribution in [2.45, 2.75) is 17.9 Å². The molecule has 2 amide bonds. The van der Waals surface area contributed by atoms with Gasteiger partial charge in [-0.3, -0.25) is 19.7 Å². The van der Waals surface area contributed by atoms with Crippen LogP contribution in [0.3, 0.4) is 0 Å². The molecule has 0 spiro atoms. The third-order valence-corrected chi connectivity index (χ3v) is 5.47. The van der Waals surface area contributed by atoms with Gasteiger partial charge in [-0.2, -0.15) is 0 Å². The van der Waals surface area contributed by atoms with E-state index in [0.717, 1.165) is 17.8 Å². The van der Waals surface area contributed by atoms with Gasteiger partial charge >= 0.3 is 5.97 Å². The maximum absolute atomic E-state index is 12.7. The van der Waals surface area contributed by atoms with Crippen LogP contribution in [0.4, 0.5) is 11.4 Å². The van der Waals surface area contributed by atoms with Crippen LogP contribution in [-0.2, 0) is 19.1 Å². The fraction of sp³-hybridized carbons (Fsp3) is 0.318. The molecule has 0 aliphatic heterocycles. The number of thioether (sulfide) groups is 1. The molecule has 0 radical (unpaired) electrons. The van der Waals surface area contributed by atoms with Gasteiger partial charge in [0.2, 0.25) is 5.91 Å². The number of methoxy groups -OCH3 is 2. The van der Waals surface area contributed by atoms with E-state index in [1.54, 1.807) is 18.2 Å². The van der Waals surface area contributed by atoms with Gasteiger partial charge in [-0.25, -0.2) is 4.79 Å². The largest absolute Gasteiger partial charge is 0.495 e. The molecule has 2 N–H and O–H groups in total. The molecule has 2 aromatic rings. The summed E-state index contributed by atoms with van der Waals surface area (Å²) in [6, 6.07) is 10.3. The van der Waals surface area contributed by atoms with Crippen molar-refractivity contribution in [2.24, 2.45) is 0 Å². The molecule has 0 heterocycles. The van der Waals surface area contributed by atoms with Gasteiger partial charge in [-0.15, -0.1) is 11.8 Å². The number of non-ortho nitro benzene ring substituents is 1. The molecule has 0 saturated heterocycles. The zero-order chi connectivity index (χ0) is 25.1. The van der Waals surface area contributed by atoms with Crippen LogP contribution < -0.4 is 15.4 Å². The Labute approximate surface area is 200 Å². The maximum Gasteiger partial charge on any atom is 0.340 e. The minimum atomic E-state index is -1.22. The first kappa shape index (κ1) is 26.6. The van der Waals surface area contributed by atoms with E-state index in [1.807, 2.05) is 0 Å². The summed E-state index contributed by atoms with van der Waals surface area (Å²) < 4.78 is 15.3. The minimum Gasteiger partial charge on any atom is -0.495 e. The zero-order valence-electron chi connectivity index (χ0n) is 18.9. The van der Waals surface area contributed by atoms with E-state index < -0.39 is 22.9 Å². The molecule has 182 valence electrons. The van der Waals surface area contributed by atoms with E-state index >= 15 is 0 Å². The fourth-order valence-corrected chi connectivity index (χ4v) is 3.54. The first-order chi connectivity index (χ1) is 16.3. The standard InChI is InChI=1S/C22H25N3O8S/c1-14(21(27)24-17-12-15(25(29)30)8-9-18(17)32-3)33-22(28)16-6-4-5-7-19(16)34-13-20(26)23-10-11-31-2/h4-9,12,14H,10-11,13H2,1-3H3,(H,23,26)(H,24,27). The molecule has 1 unspecified atom stereocenters. The number of hydrogen-bond donors (Lipinski definition) is 2. The summed E-state index contributed by atoms with van der Waals surface area (Å²) in [6.45, 7) is 2.14. The zero-order valence-corrected chi connectivity index (χ0v) is 19.7. The lowest BCUT2D eigenvalue weighted by molar-refractivity contribution is -0.384. The van der Waals surface area contributed by atoms with Crippen molar-refractivity contribution in [3.63, 3.8) is 0 Å². The predicted octanol–water partition coefficient (Wildman–Crippen LogP) is 2.64. The molecule has 11 nitrogen and oxygen atoms in total. The van der Waals surface area contributed by atoms with Crippen molar-refractivity contribution >= 4 is 40.9 Å². The first-order valence-electron chi connectivity index (χ1n) is 10.1. The Kier molecular flexibility index (Phi) is 10.3. The first-order valence-corrected chi connectivity index (χ1v) is 11.1. The van der Waals surface area contributed by atoms with Gasteiger partial charge in [0.1, 0.15) is 5.75 Å². The summed E-state index contributed by atoms with van der Waals surface area (Å²) in [5.41, 5.74) is 0.0303. The number of hydrogen-bond acceptors (Lipinski definition) is 9. The Bertz CT molecular complexity index is 1050. The molecular formula is C22H25N3O8S. The number of carbonyl (C=O) groups is 3. The van der Waals surface area contributed by atoms with Crippen molar-refractivity contribution < 1.29 is 33.5 Å². The average Bonchev–Trinajstić information content (AvgIpc) is 2.82. The second-order valence-corrected chi connectivity index (χ2v) is 7.82. The van der Waals surface area contributed by atoms with Crippen LogP contribution in [0.5, 0.6) is 5.75 Å². The molecule has 0 bridgehead atoms. The molecule has 0 saturated carbocycles. The third-order valence-electron chi connectivity index (χ3n) is 4.40. The quantitative estimate of drug-likeness (QED) is 0.150. The Morgan fingerprint density at radius 2 is 1.88 bits per heavy atom. The Morgan fingerprint density at radius 3 is 2.56 bits per heavy atom. The molecule has 0 aliphatic rings. The second kappa shape index (κ2) is 13.2. The predicted molar refractivity (Wildman–Crippen MR) is 125 cm³/mol. The van der Waals surface area contributed by atoms with Gasteiger partial charge < -0.3 is 24.8 Å². The highest BCUT2D eigenvalue weighted by Gasteiger charge is 2.23. The Morgan fingerprint density at radius 1 is 1.15 bits per heavy atom. The number of ether oxygens (including phenoxy) is 3. The van der Waals surface area contributed by atoms with Gasteiger partial charge in [-0.05, 0) is 25.1 Å². The number of rotatable bonds is 12. The van der Waals surface area contributed by atoms with E-state index in [0.29, 0.717) is 18.0 Å². The number of amides is 2. The van der Waals surface area contributed by atoms with Crippen LogP contribution in [0.25, 0.3) is 0 Å². The number of nitrogens with one attached hydrogen (secondary N) is 2. The second-order valence-electron chi connectivity index (χ2n) is 6.81. The summed E-state index contributed by atoms with van der Waals surface area (Å²) in [5, 5.41) is 16.2. The minimum absolute atomic E-state index is 0.0695. The SMILES string of the molecule is COCCNC(=O)CSc1ccccc1C(=O)OC(C)C(=O)Nc1cc([N+](=O)[O-])ccc1OC. The lowest BCUT2D eigenvalue weighted by Gasteiger charge is -2.16. The van der Waals surface area contributed by atoms with E-state index in [2.05, 4.69) is 10.6 Å². The normalized spacial score (nSPS) is 11.3. The molecule has 12 heteroatoms. The topological polar surface area (TPSA) is 146 Å². The van der Waals surface area contributed by atoms with Crippen LogP contribution in [0.2, 0.25) is 0 Å². The smallest absolute Gasteiger partial charge is 0.340 e. The Balaban J connectivity index is 2.03. The summed E-state index contributed by atoms with van der Waals surface area (Å²) in [4.78, 5) is 48.1. The number of esters is 1. The molecule has 0 aromatic heterocycles. The van der Waals surface area contributed by atoms with Gasteiger partial charge in [-0.1, -0.05) is 12.1 Å². The van der Waals surface area contributed by atoms with Gasteiger partial charge in [0.05, 0.1) is 35.6 Å². The van der Waals surface area contributed by atoms with E-state index in [1.165, 1.54) is 39.3 Å². The van der Waals surface area contributed by atoms with Gasteiger partial charge in [0, 0.05) is 30.7 Å². The maximum atomic E-state index is 12.7. The van der Waals surface area contributed by atoms with Crippen LogP contribution >= 0.6 is 11.8 Å². The number of anilines is 1. The molecule has 0 aliphatic carbocycles. The van der Waals surface area contributed by atoms with E-state index in [9.17, 15) is 24.5 Å². The van der Waals surface area contributed by atoms with Crippen molar-refractivity contribution in [3.8, 4) is 5.75 Å². The monoisotopic (exact) mass is 491 g/mol. The van der Waals surface area contributed by atoms with Crippen LogP contribution in [0.1, 0.15) is 17.3 Å². The molecular weight excluding hydrogens is 466 g/mol. The van der Waals surface area contributed by atoms with Crippen LogP contribution in [0, 0.1) is 10.1 Å². The fourth-order valence-electron chi connectivity index (χ4n) is 2.67. The van der Waals surface area contributed by atoms with Crippen molar-refractivity contribution in [1.29, 1.82) is 0 Å². The summed E-state index contributed by atoms with van der Waals surface area (Å²) >= 11 is 1.15. The number of nitrogens with zero attached hydrogens (tertiary/aromatic N) is 1. The van der Waals surface area contributed by atoms with Crippen molar-refractivity contribution in [2.75, 3.05) is 38.4 Å². The number of nitro groups is 1.